The molecule has 0 aliphatic rings. The molecule has 0 unspecified atom stereocenters. The molecule has 0 fully saturated rings. The van der Waals surface area contributed by atoms with Crippen molar-refractivity contribution in [3.8, 4) is 0 Å². The minimum Gasteiger partial charge on any atom is -0.350 e. The van der Waals surface area contributed by atoms with Crippen molar-refractivity contribution in [1.29, 1.82) is 0 Å². The van der Waals surface area contributed by atoms with Crippen LogP contribution in [0, 0.1) is 0 Å². The van der Waals surface area contributed by atoms with Crippen molar-refractivity contribution in [3.05, 3.63) is 76.3 Å². The van der Waals surface area contributed by atoms with Gasteiger partial charge in [0.25, 0.3) is 0 Å². The second kappa shape index (κ2) is 8.61. The lowest BCUT2D eigenvalue weighted by Crippen LogP contribution is -2.47. The van der Waals surface area contributed by atoms with Crippen LogP contribution in [0.5, 0.6) is 0 Å². The molecule has 1 amide bonds. The Morgan fingerprint density at radius 2 is 1.72 bits per heavy atom. The van der Waals surface area contributed by atoms with Crippen molar-refractivity contribution in [2.75, 3.05) is 10.6 Å². The highest BCUT2D eigenvalue weighted by Gasteiger charge is 2.29. The van der Waals surface area contributed by atoms with Gasteiger partial charge in [0.05, 0.1) is 22.0 Å². The molecule has 1 atom stereocenters. The van der Waals surface area contributed by atoms with Crippen molar-refractivity contribution < 1.29 is 13.2 Å². The molecule has 0 heterocycles. The predicted molar refractivity (Wildman–Crippen MR) is 119 cm³/mol. The highest BCUT2D eigenvalue weighted by molar-refractivity contribution is 7.92. The summed E-state index contributed by atoms with van der Waals surface area (Å²) in [4.78, 5) is 12.8. The zero-order chi connectivity index (χ0) is 21.2. The normalized spacial score (nSPS) is 12.6. The molecular formula is C21H20Cl2N2O3S. The van der Waals surface area contributed by atoms with Gasteiger partial charge >= 0.3 is 0 Å². The van der Waals surface area contributed by atoms with E-state index < -0.39 is 22.0 Å². The van der Waals surface area contributed by atoms with Crippen LogP contribution in [0.15, 0.2) is 60.7 Å². The Morgan fingerprint density at radius 3 is 2.41 bits per heavy atom. The van der Waals surface area contributed by atoms with E-state index in [-0.39, 0.29) is 17.3 Å². The van der Waals surface area contributed by atoms with Crippen LogP contribution in [-0.2, 0) is 21.4 Å². The van der Waals surface area contributed by atoms with Crippen molar-refractivity contribution >= 4 is 55.6 Å². The predicted octanol–water partition coefficient (Wildman–Crippen LogP) is 4.62. The summed E-state index contributed by atoms with van der Waals surface area (Å²) in [6.45, 7) is 1.81. The largest absolute Gasteiger partial charge is 0.350 e. The lowest BCUT2D eigenvalue weighted by molar-refractivity contribution is -0.122. The van der Waals surface area contributed by atoms with Crippen LogP contribution in [-0.4, -0.2) is 26.6 Å². The van der Waals surface area contributed by atoms with Gasteiger partial charge in [-0.1, -0.05) is 65.7 Å². The van der Waals surface area contributed by atoms with E-state index in [2.05, 4.69) is 5.32 Å². The first-order valence-corrected chi connectivity index (χ1v) is 11.5. The first-order valence-electron chi connectivity index (χ1n) is 8.87. The highest BCUT2D eigenvalue weighted by atomic mass is 35.5. The monoisotopic (exact) mass is 450 g/mol. The Kier molecular flexibility index (Phi) is 6.36. The van der Waals surface area contributed by atoms with Gasteiger partial charge in [-0.3, -0.25) is 9.10 Å². The topological polar surface area (TPSA) is 66.5 Å². The number of carbonyl (C=O) groups is 1. The summed E-state index contributed by atoms with van der Waals surface area (Å²) in [6, 6.07) is 17.2. The Balaban J connectivity index is 1.83. The Hall–Kier alpha value is -2.28. The number of hydrogen-bond donors (Lipinski definition) is 1. The summed E-state index contributed by atoms with van der Waals surface area (Å²) in [7, 11) is -3.74. The number of halogens is 2. The Morgan fingerprint density at radius 1 is 1.03 bits per heavy atom. The second-order valence-electron chi connectivity index (χ2n) is 6.69. The van der Waals surface area contributed by atoms with Gasteiger partial charge in [0, 0.05) is 6.54 Å². The van der Waals surface area contributed by atoms with E-state index in [0.717, 1.165) is 26.9 Å². The summed E-state index contributed by atoms with van der Waals surface area (Å²) in [5.41, 5.74) is 1.22. The molecule has 0 radical (unpaired) electrons. The minimum absolute atomic E-state index is 0.209. The van der Waals surface area contributed by atoms with Gasteiger partial charge in [-0.2, -0.15) is 0 Å². The van der Waals surface area contributed by atoms with Crippen molar-refractivity contribution in [2.24, 2.45) is 0 Å². The van der Waals surface area contributed by atoms with E-state index in [9.17, 15) is 13.2 Å². The van der Waals surface area contributed by atoms with Gasteiger partial charge in [0.15, 0.2) is 0 Å². The van der Waals surface area contributed by atoms with Crippen LogP contribution in [0.1, 0.15) is 12.5 Å². The Bertz CT molecular complexity index is 1160. The minimum atomic E-state index is -3.74. The summed E-state index contributed by atoms with van der Waals surface area (Å²) < 4.78 is 25.8. The van der Waals surface area contributed by atoms with Crippen molar-refractivity contribution in [1.82, 2.24) is 5.32 Å². The average molecular weight is 451 g/mol. The maximum Gasteiger partial charge on any atom is 0.243 e. The highest BCUT2D eigenvalue weighted by Crippen LogP contribution is 2.29. The zero-order valence-electron chi connectivity index (χ0n) is 15.9. The summed E-state index contributed by atoms with van der Waals surface area (Å²) in [5, 5.41) is 5.45. The fourth-order valence-corrected chi connectivity index (χ4v) is 4.67. The number of sulfonamides is 1. The van der Waals surface area contributed by atoms with E-state index in [0.29, 0.717) is 5.02 Å². The number of hydrogen-bond acceptors (Lipinski definition) is 3. The fourth-order valence-electron chi connectivity index (χ4n) is 3.21. The smallest absolute Gasteiger partial charge is 0.243 e. The molecule has 29 heavy (non-hydrogen) atoms. The molecule has 3 aromatic rings. The van der Waals surface area contributed by atoms with Gasteiger partial charge in [-0.25, -0.2) is 8.42 Å². The molecular weight excluding hydrogens is 431 g/mol. The van der Waals surface area contributed by atoms with E-state index in [1.807, 2.05) is 42.5 Å². The molecule has 152 valence electrons. The lowest BCUT2D eigenvalue weighted by atomic mass is 10.0. The molecule has 3 rings (SSSR count). The maximum atomic E-state index is 12.8. The van der Waals surface area contributed by atoms with Gasteiger partial charge in [0.2, 0.25) is 15.9 Å². The van der Waals surface area contributed by atoms with Gasteiger partial charge < -0.3 is 5.32 Å². The third kappa shape index (κ3) is 4.83. The number of nitrogens with one attached hydrogen (secondary N) is 1. The molecule has 0 aliphatic heterocycles. The van der Waals surface area contributed by atoms with E-state index in [4.69, 9.17) is 23.2 Å². The SMILES string of the molecule is C[C@@H](C(=O)NCc1cccc2ccccc12)N(c1ccc(Cl)c(Cl)c1)S(C)(=O)=O. The first-order chi connectivity index (χ1) is 13.7. The molecule has 0 aliphatic carbocycles. The fraction of sp³-hybridized carbons (Fsp3) is 0.190. The zero-order valence-corrected chi connectivity index (χ0v) is 18.2. The molecule has 0 bridgehead atoms. The Labute approximate surface area is 180 Å². The molecule has 0 saturated carbocycles. The molecule has 0 saturated heterocycles. The number of anilines is 1. The maximum absolute atomic E-state index is 12.8. The van der Waals surface area contributed by atoms with E-state index in [1.54, 1.807) is 0 Å². The molecule has 1 N–H and O–H groups in total. The molecule has 0 aromatic heterocycles. The summed E-state index contributed by atoms with van der Waals surface area (Å²) >= 11 is 12.0. The van der Waals surface area contributed by atoms with Gasteiger partial charge in [0.1, 0.15) is 6.04 Å². The number of carbonyl (C=O) groups excluding carboxylic acids is 1. The number of rotatable bonds is 6. The summed E-state index contributed by atoms with van der Waals surface area (Å²) in [6.07, 6.45) is 1.05. The lowest BCUT2D eigenvalue weighted by Gasteiger charge is -2.28. The van der Waals surface area contributed by atoms with Crippen LogP contribution >= 0.6 is 23.2 Å². The first kappa shape index (κ1) is 21.4. The number of amides is 1. The molecule has 5 nitrogen and oxygen atoms in total. The quantitative estimate of drug-likeness (QED) is 0.595. The molecule has 8 heteroatoms. The van der Waals surface area contributed by atoms with Gasteiger partial charge in [-0.15, -0.1) is 0 Å². The van der Waals surface area contributed by atoms with Crippen LogP contribution in [0.25, 0.3) is 10.8 Å². The van der Waals surface area contributed by atoms with E-state index in [1.165, 1.54) is 25.1 Å². The number of fused-ring (bicyclic) bond motifs is 1. The molecule has 3 aromatic carbocycles. The summed E-state index contributed by atoms with van der Waals surface area (Å²) in [5.74, 6) is -0.422. The second-order valence-corrected chi connectivity index (χ2v) is 9.36. The number of benzene rings is 3. The number of nitrogens with zero attached hydrogens (tertiary/aromatic N) is 1. The van der Waals surface area contributed by atoms with Crippen molar-refractivity contribution in [2.45, 2.75) is 19.5 Å². The van der Waals surface area contributed by atoms with Gasteiger partial charge in [-0.05, 0) is 41.5 Å². The van der Waals surface area contributed by atoms with Crippen LogP contribution < -0.4 is 9.62 Å². The van der Waals surface area contributed by atoms with Crippen LogP contribution in [0.2, 0.25) is 10.0 Å². The van der Waals surface area contributed by atoms with Crippen LogP contribution in [0.4, 0.5) is 5.69 Å². The van der Waals surface area contributed by atoms with Crippen LogP contribution in [0.3, 0.4) is 0 Å². The van der Waals surface area contributed by atoms with Crippen molar-refractivity contribution in [3.63, 3.8) is 0 Å². The molecule has 0 spiro atoms. The third-order valence-corrected chi connectivity index (χ3v) is 6.56. The third-order valence-electron chi connectivity index (χ3n) is 4.58. The standard InChI is InChI=1S/C21H20Cl2N2O3S/c1-14(25(29(2,27)28)17-10-11-19(22)20(23)12-17)21(26)24-13-16-8-5-7-15-6-3-4-9-18(15)16/h3-12,14H,13H2,1-2H3,(H,24,26)/t14-/m0/s1. The van der Waals surface area contributed by atoms with E-state index >= 15 is 0 Å². The average Bonchev–Trinajstić information content (AvgIpc) is 2.67.